The molecule has 3 rings (SSSR count). The van der Waals surface area contributed by atoms with Crippen LogP contribution >= 0.6 is 0 Å². The maximum Gasteiger partial charge on any atom is 0.264 e. The van der Waals surface area contributed by atoms with E-state index in [1.165, 1.54) is 37.3 Å². The topological polar surface area (TPSA) is 105 Å². The minimum absolute atomic E-state index is 0.00876. The number of nitrogens with one attached hydrogen (secondary N) is 1. The van der Waals surface area contributed by atoms with Crippen molar-refractivity contribution in [2.75, 3.05) is 25.1 Å². The van der Waals surface area contributed by atoms with Crippen LogP contribution in [-0.2, 0) is 26.2 Å². The van der Waals surface area contributed by atoms with E-state index in [0.29, 0.717) is 12.2 Å². The Kier molecular flexibility index (Phi) is 11.4. The summed E-state index contributed by atoms with van der Waals surface area (Å²) in [6.07, 6.45) is 1.07. The molecule has 0 saturated heterocycles. The van der Waals surface area contributed by atoms with Gasteiger partial charge in [-0.3, -0.25) is 13.9 Å². The van der Waals surface area contributed by atoms with Crippen molar-refractivity contribution in [3.05, 3.63) is 83.9 Å². The van der Waals surface area contributed by atoms with Crippen molar-refractivity contribution in [3.63, 3.8) is 0 Å². The molecule has 42 heavy (non-hydrogen) atoms. The van der Waals surface area contributed by atoms with Crippen LogP contribution in [0.1, 0.15) is 44.7 Å². The van der Waals surface area contributed by atoms with Crippen LogP contribution in [0.4, 0.5) is 5.69 Å². The molecular formula is C32H41N3O6S. The highest BCUT2D eigenvalue weighted by Gasteiger charge is 2.35. The summed E-state index contributed by atoms with van der Waals surface area (Å²) in [4.78, 5) is 29.2. The Hall–Kier alpha value is -4.05. The van der Waals surface area contributed by atoms with Crippen molar-refractivity contribution in [1.82, 2.24) is 10.2 Å². The predicted molar refractivity (Wildman–Crippen MR) is 164 cm³/mol. The van der Waals surface area contributed by atoms with Crippen LogP contribution in [0.2, 0.25) is 0 Å². The third kappa shape index (κ3) is 7.82. The van der Waals surface area contributed by atoms with Crippen molar-refractivity contribution in [3.8, 4) is 11.5 Å². The summed E-state index contributed by atoms with van der Waals surface area (Å²) in [5.74, 6) is -0.186. The molecule has 0 bridgehead atoms. The predicted octanol–water partition coefficient (Wildman–Crippen LogP) is 4.93. The maximum atomic E-state index is 14.3. The van der Waals surface area contributed by atoms with Crippen molar-refractivity contribution >= 4 is 27.5 Å². The number of carbonyl (C=O) groups is 2. The fourth-order valence-electron chi connectivity index (χ4n) is 4.59. The van der Waals surface area contributed by atoms with Gasteiger partial charge in [-0.05, 0) is 56.5 Å². The number of benzene rings is 3. The first-order chi connectivity index (χ1) is 20.0. The van der Waals surface area contributed by atoms with E-state index in [4.69, 9.17) is 9.47 Å². The van der Waals surface area contributed by atoms with E-state index in [-0.39, 0.29) is 34.8 Å². The summed E-state index contributed by atoms with van der Waals surface area (Å²) < 4.78 is 40.1. The SMILES string of the molecule is CC[C@H](C(=O)N[C@@H](C)CC)N(Cc1cccc(C)c1)C(=O)CN(c1cc(OC)ccc1OC)S(=O)(=O)c1ccccc1. The number of hydrogen-bond acceptors (Lipinski definition) is 6. The van der Waals surface area contributed by atoms with E-state index in [2.05, 4.69) is 5.32 Å². The largest absolute Gasteiger partial charge is 0.497 e. The monoisotopic (exact) mass is 595 g/mol. The second-order valence-corrected chi connectivity index (χ2v) is 12.0. The van der Waals surface area contributed by atoms with E-state index in [0.717, 1.165) is 21.9 Å². The van der Waals surface area contributed by atoms with Crippen LogP contribution in [0.3, 0.4) is 0 Å². The summed E-state index contributed by atoms with van der Waals surface area (Å²) in [5.41, 5.74) is 1.97. The molecule has 0 heterocycles. The molecule has 2 amide bonds. The Morgan fingerprint density at radius 3 is 2.21 bits per heavy atom. The van der Waals surface area contributed by atoms with Gasteiger partial charge in [0.15, 0.2) is 0 Å². The van der Waals surface area contributed by atoms with Crippen molar-refractivity contribution < 1.29 is 27.5 Å². The lowest BCUT2D eigenvalue weighted by atomic mass is 10.1. The highest BCUT2D eigenvalue weighted by atomic mass is 32.2. The van der Waals surface area contributed by atoms with Gasteiger partial charge >= 0.3 is 0 Å². The maximum absolute atomic E-state index is 14.3. The molecule has 0 aliphatic rings. The fraction of sp³-hybridized carbons (Fsp3) is 0.375. The van der Waals surface area contributed by atoms with Gasteiger partial charge in [-0.25, -0.2) is 8.42 Å². The Bertz CT molecular complexity index is 1460. The molecule has 0 unspecified atom stereocenters. The van der Waals surface area contributed by atoms with Gasteiger partial charge in [-0.1, -0.05) is 61.9 Å². The van der Waals surface area contributed by atoms with Gasteiger partial charge < -0.3 is 19.7 Å². The van der Waals surface area contributed by atoms with Gasteiger partial charge in [-0.2, -0.15) is 0 Å². The average Bonchev–Trinajstić information content (AvgIpc) is 2.99. The number of carbonyl (C=O) groups excluding carboxylic acids is 2. The zero-order chi connectivity index (χ0) is 30.9. The average molecular weight is 596 g/mol. The molecule has 0 saturated carbocycles. The second-order valence-electron chi connectivity index (χ2n) is 10.1. The smallest absolute Gasteiger partial charge is 0.264 e. The van der Waals surface area contributed by atoms with Crippen molar-refractivity contribution in [1.29, 1.82) is 0 Å². The number of anilines is 1. The number of methoxy groups -OCH3 is 2. The molecule has 10 heteroatoms. The molecule has 9 nitrogen and oxygen atoms in total. The minimum atomic E-state index is -4.25. The lowest BCUT2D eigenvalue weighted by Gasteiger charge is -2.34. The van der Waals surface area contributed by atoms with Crippen LogP contribution in [-0.4, -0.2) is 58.0 Å². The Morgan fingerprint density at radius 2 is 1.62 bits per heavy atom. The van der Waals surface area contributed by atoms with E-state index in [1.54, 1.807) is 30.3 Å². The first kappa shape index (κ1) is 32.5. The molecule has 0 aliphatic carbocycles. The molecule has 0 radical (unpaired) electrons. The number of nitrogens with zero attached hydrogens (tertiary/aromatic N) is 2. The zero-order valence-electron chi connectivity index (χ0n) is 25.2. The molecule has 0 aromatic heterocycles. The van der Waals surface area contributed by atoms with Crippen LogP contribution in [0, 0.1) is 6.92 Å². The van der Waals surface area contributed by atoms with Gasteiger partial charge in [-0.15, -0.1) is 0 Å². The number of aryl methyl sites for hydroxylation is 1. The number of rotatable bonds is 14. The van der Waals surface area contributed by atoms with Crippen LogP contribution in [0.5, 0.6) is 11.5 Å². The minimum Gasteiger partial charge on any atom is -0.497 e. The highest BCUT2D eigenvalue weighted by Crippen LogP contribution is 2.36. The van der Waals surface area contributed by atoms with Crippen LogP contribution in [0.25, 0.3) is 0 Å². The van der Waals surface area contributed by atoms with E-state index in [9.17, 15) is 18.0 Å². The molecule has 1 N–H and O–H groups in total. The summed E-state index contributed by atoms with van der Waals surface area (Å²) >= 11 is 0. The van der Waals surface area contributed by atoms with Gasteiger partial charge in [0.1, 0.15) is 24.1 Å². The van der Waals surface area contributed by atoms with Crippen molar-refractivity contribution in [2.24, 2.45) is 0 Å². The molecule has 0 spiro atoms. The molecule has 0 fully saturated rings. The van der Waals surface area contributed by atoms with E-state index in [1.807, 2.05) is 52.0 Å². The lowest BCUT2D eigenvalue weighted by Crippen LogP contribution is -2.53. The number of ether oxygens (including phenoxy) is 2. The molecule has 2 atom stereocenters. The Balaban J connectivity index is 2.14. The van der Waals surface area contributed by atoms with E-state index >= 15 is 0 Å². The van der Waals surface area contributed by atoms with Crippen LogP contribution < -0.4 is 19.1 Å². The van der Waals surface area contributed by atoms with Crippen molar-refractivity contribution in [2.45, 2.75) is 64.1 Å². The Morgan fingerprint density at radius 1 is 0.905 bits per heavy atom. The third-order valence-electron chi connectivity index (χ3n) is 7.09. The van der Waals surface area contributed by atoms with Gasteiger partial charge in [0, 0.05) is 18.7 Å². The molecule has 226 valence electrons. The summed E-state index contributed by atoms with van der Waals surface area (Å²) in [7, 11) is -1.35. The quantitative estimate of drug-likeness (QED) is 0.283. The van der Waals surface area contributed by atoms with E-state index < -0.39 is 28.5 Å². The molecular weight excluding hydrogens is 554 g/mol. The molecule has 3 aromatic rings. The highest BCUT2D eigenvalue weighted by molar-refractivity contribution is 7.92. The first-order valence-electron chi connectivity index (χ1n) is 14.0. The summed E-state index contributed by atoms with van der Waals surface area (Å²) in [5, 5.41) is 2.99. The lowest BCUT2D eigenvalue weighted by molar-refractivity contribution is -0.140. The first-order valence-corrected chi connectivity index (χ1v) is 15.4. The fourth-order valence-corrected chi connectivity index (χ4v) is 6.03. The zero-order valence-corrected chi connectivity index (χ0v) is 26.0. The number of hydrogen-bond donors (Lipinski definition) is 1. The van der Waals surface area contributed by atoms with Crippen LogP contribution in [0.15, 0.2) is 77.7 Å². The molecule has 0 aliphatic heterocycles. The molecule has 3 aromatic carbocycles. The standard InChI is InChI=1S/C32H41N3O6S/c1-7-24(4)33-32(37)28(8-2)34(21-25-14-12-13-23(3)19-25)31(36)22-35(42(38,39)27-15-10-9-11-16-27)29-20-26(40-5)17-18-30(29)41-6/h9-20,24,28H,7-8,21-22H2,1-6H3,(H,33,37)/t24-,28+/m0/s1. The summed E-state index contributed by atoms with van der Waals surface area (Å²) in [6, 6.07) is 19.4. The second kappa shape index (κ2) is 14.7. The summed E-state index contributed by atoms with van der Waals surface area (Å²) in [6.45, 7) is 7.21. The number of sulfonamides is 1. The number of amides is 2. The Labute approximate surface area is 249 Å². The third-order valence-corrected chi connectivity index (χ3v) is 8.86. The van der Waals surface area contributed by atoms with Gasteiger partial charge in [0.05, 0.1) is 24.8 Å². The van der Waals surface area contributed by atoms with Gasteiger partial charge in [0.25, 0.3) is 10.0 Å². The normalized spacial score (nSPS) is 12.6. The van der Waals surface area contributed by atoms with Gasteiger partial charge in [0.2, 0.25) is 11.8 Å².